The molecular weight excluding hydrogens is 120 g/mol. The molecule has 0 aromatic heterocycles. The summed E-state index contributed by atoms with van der Waals surface area (Å²) in [4.78, 5) is 20.9. The first-order valence-corrected chi connectivity index (χ1v) is 2.78. The maximum atomic E-state index is 10.5. The fourth-order valence-corrected chi connectivity index (χ4v) is 0.746. The predicted molar refractivity (Wildman–Crippen MR) is 29.2 cm³/mol. The molecule has 1 saturated heterocycles. The van der Waals surface area contributed by atoms with Crippen LogP contribution in [0.4, 0.5) is 0 Å². The Hall–Kier alpha value is -0.860. The summed E-state index contributed by atoms with van der Waals surface area (Å²) in [6, 6.07) is 0. The minimum atomic E-state index is -0.414. The van der Waals surface area contributed by atoms with Crippen LogP contribution in [0.15, 0.2) is 0 Å². The third-order valence-corrected chi connectivity index (χ3v) is 1.31. The Bertz CT molecular complexity index is 150. The highest BCUT2D eigenvalue weighted by atomic mass is 16.6. The molecule has 1 unspecified atom stereocenters. The molecule has 0 aromatic rings. The van der Waals surface area contributed by atoms with Crippen molar-refractivity contribution in [1.29, 1.82) is 0 Å². The molecule has 1 fully saturated rings. The summed E-state index contributed by atoms with van der Waals surface area (Å²) in [5.74, 6) is -1.12. The van der Waals surface area contributed by atoms with E-state index in [4.69, 9.17) is 0 Å². The molecular formula is C6H7O3. The molecule has 0 saturated carbocycles. The normalized spacial score (nSPS) is 26.6. The summed E-state index contributed by atoms with van der Waals surface area (Å²) in [5.41, 5.74) is 0. The van der Waals surface area contributed by atoms with Crippen LogP contribution in [0, 0.1) is 12.3 Å². The Labute approximate surface area is 53.0 Å². The Morgan fingerprint density at radius 3 is 2.56 bits per heavy atom. The largest absolute Gasteiger partial charge is 0.393 e. The number of rotatable bonds is 1. The van der Waals surface area contributed by atoms with E-state index in [1.165, 1.54) is 0 Å². The van der Waals surface area contributed by atoms with Crippen LogP contribution in [0.5, 0.6) is 0 Å². The van der Waals surface area contributed by atoms with Crippen molar-refractivity contribution in [2.24, 2.45) is 5.92 Å². The van der Waals surface area contributed by atoms with Gasteiger partial charge in [-0.25, -0.2) is 0 Å². The van der Waals surface area contributed by atoms with Gasteiger partial charge in [-0.05, 0) is 6.42 Å². The molecule has 49 valence electrons. The van der Waals surface area contributed by atoms with Crippen LogP contribution in [0.2, 0.25) is 0 Å². The summed E-state index contributed by atoms with van der Waals surface area (Å²) in [6.45, 7) is 1.74. The zero-order valence-corrected chi connectivity index (χ0v) is 5.09. The molecule has 3 heteroatoms. The second-order valence-electron chi connectivity index (χ2n) is 1.94. The molecule has 0 amide bonds. The van der Waals surface area contributed by atoms with Crippen LogP contribution in [0.3, 0.4) is 0 Å². The van der Waals surface area contributed by atoms with Crippen molar-refractivity contribution in [3.8, 4) is 0 Å². The van der Waals surface area contributed by atoms with Crippen LogP contribution < -0.4 is 0 Å². The molecule has 9 heavy (non-hydrogen) atoms. The lowest BCUT2D eigenvalue weighted by molar-refractivity contribution is -0.152. The molecule has 0 bridgehead atoms. The zero-order valence-electron chi connectivity index (χ0n) is 5.09. The monoisotopic (exact) mass is 127 g/mol. The summed E-state index contributed by atoms with van der Waals surface area (Å²) in [6.07, 6.45) is 1.89. The van der Waals surface area contributed by atoms with Gasteiger partial charge in [-0.15, -0.1) is 0 Å². The van der Waals surface area contributed by atoms with E-state index in [1.807, 2.05) is 0 Å². The van der Waals surface area contributed by atoms with Crippen molar-refractivity contribution in [2.45, 2.75) is 13.3 Å². The van der Waals surface area contributed by atoms with E-state index in [2.05, 4.69) is 4.74 Å². The Balaban J connectivity index is 2.58. The molecule has 0 aliphatic carbocycles. The number of carbonyl (C=O) groups excluding carboxylic acids is 2. The van der Waals surface area contributed by atoms with Crippen molar-refractivity contribution in [3.63, 3.8) is 0 Å². The van der Waals surface area contributed by atoms with Crippen LogP contribution in [-0.2, 0) is 14.3 Å². The standard InChI is InChI=1S/C6H7O3/c1-2-4-3-5(7)9-6(4)8/h2,4H,3H2,1H3. The van der Waals surface area contributed by atoms with Gasteiger partial charge < -0.3 is 4.74 Å². The molecule has 1 aliphatic rings. The van der Waals surface area contributed by atoms with E-state index >= 15 is 0 Å². The summed E-state index contributed by atoms with van der Waals surface area (Å²) in [7, 11) is 0. The lowest BCUT2D eigenvalue weighted by Crippen LogP contribution is -2.05. The highest BCUT2D eigenvalue weighted by molar-refractivity contribution is 5.95. The Morgan fingerprint density at radius 2 is 2.33 bits per heavy atom. The maximum absolute atomic E-state index is 10.5. The average Bonchev–Trinajstić information content (AvgIpc) is 2.10. The summed E-state index contributed by atoms with van der Waals surface area (Å²) < 4.78 is 4.26. The van der Waals surface area contributed by atoms with Gasteiger partial charge in [0.2, 0.25) is 0 Å². The van der Waals surface area contributed by atoms with E-state index in [1.54, 1.807) is 13.3 Å². The lowest BCUT2D eigenvalue weighted by Gasteiger charge is -1.93. The van der Waals surface area contributed by atoms with Crippen molar-refractivity contribution in [3.05, 3.63) is 6.42 Å². The molecule has 0 spiro atoms. The second-order valence-corrected chi connectivity index (χ2v) is 1.94. The van der Waals surface area contributed by atoms with Gasteiger partial charge in [-0.2, -0.15) is 0 Å². The first-order valence-electron chi connectivity index (χ1n) is 2.78. The number of cyclic esters (lactones) is 2. The third-order valence-electron chi connectivity index (χ3n) is 1.31. The number of hydrogen-bond acceptors (Lipinski definition) is 3. The van der Waals surface area contributed by atoms with Crippen molar-refractivity contribution in [2.75, 3.05) is 0 Å². The van der Waals surface area contributed by atoms with Crippen molar-refractivity contribution < 1.29 is 14.3 Å². The van der Waals surface area contributed by atoms with Crippen molar-refractivity contribution >= 4 is 11.9 Å². The highest BCUT2D eigenvalue weighted by Crippen LogP contribution is 2.17. The van der Waals surface area contributed by atoms with Gasteiger partial charge in [0.1, 0.15) is 0 Å². The number of ether oxygens (including phenoxy) is 1. The van der Waals surface area contributed by atoms with E-state index in [0.717, 1.165) is 0 Å². The van der Waals surface area contributed by atoms with Gasteiger partial charge >= 0.3 is 11.9 Å². The number of esters is 2. The molecule has 1 radical (unpaired) electrons. The molecule has 1 aliphatic heterocycles. The average molecular weight is 127 g/mol. The predicted octanol–water partition coefficient (Wildman–Crippen LogP) is 0.300. The van der Waals surface area contributed by atoms with E-state index in [9.17, 15) is 9.59 Å². The zero-order chi connectivity index (χ0) is 6.85. The first-order chi connectivity index (χ1) is 4.24. The van der Waals surface area contributed by atoms with Crippen LogP contribution in [0.1, 0.15) is 13.3 Å². The quantitative estimate of drug-likeness (QED) is 0.376. The minimum absolute atomic E-state index is 0.218. The topological polar surface area (TPSA) is 43.4 Å². The van der Waals surface area contributed by atoms with Gasteiger partial charge in [0.15, 0.2) is 0 Å². The van der Waals surface area contributed by atoms with Gasteiger partial charge in [0.25, 0.3) is 0 Å². The third kappa shape index (κ3) is 1.09. The van der Waals surface area contributed by atoms with E-state index in [0.29, 0.717) is 0 Å². The smallest absolute Gasteiger partial charge is 0.317 e. The fourth-order valence-electron chi connectivity index (χ4n) is 0.746. The lowest BCUT2D eigenvalue weighted by atomic mass is 10.1. The van der Waals surface area contributed by atoms with E-state index in [-0.39, 0.29) is 12.3 Å². The molecule has 1 rings (SSSR count). The summed E-state index contributed by atoms with van der Waals surface area (Å²) in [5, 5.41) is 0. The van der Waals surface area contributed by atoms with Gasteiger partial charge in [0, 0.05) is 0 Å². The van der Waals surface area contributed by atoms with Crippen molar-refractivity contribution in [1.82, 2.24) is 0 Å². The van der Waals surface area contributed by atoms with Crippen LogP contribution in [0.25, 0.3) is 0 Å². The molecule has 0 N–H and O–H groups in total. The van der Waals surface area contributed by atoms with Gasteiger partial charge in [-0.1, -0.05) is 6.92 Å². The Morgan fingerprint density at radius 1 is 1.67 bits per heavy atom. The van der Waals surface area contributed by atoms with Gasteiger partial charge in [-0.3, -0.25) is 9.59 Å². The highest BCUT2D eigenvalue weighted by Gasteiger charge is 2.31. The minimum Gasteiger partial charge on any atom is -0.393 e. The summed E-state index contributed by atoms with van der Waals surface area (Å²) >= 11 is 0. The first kappa shape index (κ1) is 6.26. The van der Waals surface area contributed by atoms with Crippen LogP contribution >= 0.6 is 0 Å². The molecule has 1 atom stereocenters. The SMILES string of the molecule is C[CH]C1CC(=O)OC1=O. The van der Waals surface area contributed by atoms with Crippen LogP contribution in [-0.4, -0.2) is 11.9 Å². The number of hydrogen-bond donors (Lipinski definition) is 0. The maximum Gasteiger partial charge on any atom is 0.317 e. The number of carbonyl (C=O) groups is 2. The van der Waals surface area contributed by atoms with E-state index < -0.39 is 11.9 Å². The van der Waals surface area contributed by atoms with Gasteiger partial charge in [0.05, 0.1) is 12.3 Å². The second kappa shape index (κ2) is 2.17. The molecule has 3 nitrogen and oxygen atoms in total. The molecule has 0 aromatic carbocycles. The fraction of sp³-hybridized carbons (Fsp3) is 0.500. The molecule has 1 heterocycles. The Kier molecular flexibility index (Phi) is 1.51.